The summed E-state index contributed by atoms with van der Waals surface area (Å²) in [7, 11) is 0. The van der Waals surface area contributed by atoms with Crippen LogP contribution in [0.2, 0.25) is 0 Å². The summed E-state index contributed by atoms with van der Waals surface area (Å²) in [6.45, 7) is 5.46. The van der Waals surface area contributed by atoms with Crippen LogP contribution in [0.3, 0.4) is 0 Å². The van der Waals surface area contributed by atoms with Gasteiger partial charge >= 0.3 is 0 Å². The fraction of sp³-hybridized carbons (Fsp3) is 0.259. The number of benzene rings is 2. The second-order valence-electron chi connectivity index (χ2n) is 19.0. The van der Waals surface area contributed by atoms with Crippen LogP contribution >= 0.6 is 68.0 Å². The number of thiazole rings is 6. The third-order valence-corrected chi connectivity index (χ3v) is 19.2. The Morgan fingerprint density at radius 2 is 1.34 bits per heavy atom. The largest absolute Gasteiger partial charge is 0.508 e. The molecule has 2 aromatic carbocycles. The number of hydrogen-bond donors (Lipinski definition) is 7. The van der Waals surface area contributed by atoms with Crippen molar-refractivity contribution in [3.05, 3.63) is 147 Å². The van der Waals surface area contributed by atoms with Gasteiger partial charge in [-0.15, -0.1) is 68.0 Å². The van der Waals surface area contributed by atoms with Gasteiger partial charge in [-0.2, -0.15) is 0 Å². The minimum atomic E-state index is -1.39. The Bertz CT molecular complexity index is 3800. The first-order chi connectivity index (χ1) is 38.6. The third kappa shape index (κ3) is 11.2. The van der Waals surface area contributed by atoms with Crippen molar-refractivity contribution >= 4 is 97.6 Å². The summed E-state index contributed by atoms with van der Waals surface area (Å²) in [5, 5.41) is 53.5. The topological polar surface area (TPSA) is 302 Å². The number of aliphatic hydroxyl groups excluding tert-OH is 2. The molecule has 9 aromatic rings. The van der Waals surface area contributed by atoms with Crippen LogP contribution in [0, 0.1) is 12.8 Å². The summed E-state index contributed by atoms with van der Waals surface area (Å²) >= 11 is 7.39. The van der Waals surface area contributed by atoms with E-state index in [0.29, 0.717) is 64.4 Å². The molecule has 9 heterocycles. The first-order valence-corrected chi connectivity index (χ1v) is 30.3. The van der Waals surface area contributed by atoms with Crippen molar-refractivity contribution in [1.82, 2.24) is 55.7 Å². The van der Waals surface area contributed by atoms with E-state index in [4.69, 9.17) is 30.7 Å². The monoisotopic (exact) mass is 1180 g/mol. The van der Waals surface area contributed by atoms with E-state index < -0.39 is 71.8 Å². The zero-order valence-electron chi connectivity index (χ0n) is 42.6. The highest BCUT2D eigenvalue weighted by atomic mass is 32.1. The van der Waals surface area contributed by atoms with Crippen LogP contribution in [0.15, 0.2) is 93.6 Å². The number of aromatic hydroxyl groups is 1. The lowest BCUT2D eigenvalue weighted by Crippen LogP contribution is -2.50. The summed E-state index contributed by atoms with van der Waals surface area (Å²) < 4.78 is 0. The number of amides is 5. The number of hydrogen-bond acceptors (Lipinski definition) is 21. The Morgan fingerprint density at radius 1 is 0.688 bits per heavy atom. The molecule has 10 bridgehead atoms. The zero-order valence-corrected chi connectivity index (χ0v) is 47.5. The summed E-state index contributed by atoms with van der Waals surface area (Å²) in [6.07, 6.45) is -1.96. The number of carbonyl (C=O) groups is 5. The summed E-state index contributed by atoms with van der Waals surface area (Å²) in [5.41, 5.74) is 10.2. The second-order valence-corrected chi connectivity index (χ2v) is 24.6. The van der Waals surface area contributed by atoms with E-state index in [1.54, 1.807) is 54.8 Å². The molecule has 26 heteroatoms. The van der Waals surface area contributed by atoms with Crippen molar-refractivity contribution in [2.24, 2.45) is 11.7 Å². The number of nitrogens with zero attached hydrogens (tertiary/aromatic N) is 8. The molecule has 0 spiro atoms. The fourth-order valence-corrected chi connectivity index (χ4v) is 14.8. The van der Waals surface area contributed by atoms with Crippen LogP contribution in [0.25, 0.3) is 43.4 Å². The number of fused-ring (bicyclic) bond motifs is 16. The quantitative estimate of drug-likeness (QED) is 0.0762. The fourth-order valence-electron chi connectivity index (χ4n) is 9.39. The van der Waals surface area contributed by atoms with Gasteiger partial charge in [-0.05, 0) is 48.7 Å². The number of phenols is 1. The Hall–Kier alpha value is -7.56. The van der Waals surface area contributed by atoms with Crippen molar-refractivity contribution in [3.8, 4) is 49.1 Å². The predicted octanol–water partition coefficient (Wildman–Crippen LogP) is 7.85. The van der Waals surface area contributed by atoms with Gasteiger partial charge in [-0.25, -0.2) is 34.9 Å². The molecule has 1 saturated heterocycles. The van der Waals surface area contributed by atoms with Crippen molar-refractivity contribution in [1.29, 1.82) is 0 Å². The van der Waals surface area contributed by atoms with Gasteiger partial charge in [-0.3, -0.25) is 24.0 Å². The Balaban J connectivity index is 1.02. The molecule has 7 atom stereocenters. The molecular formula is C54H48N12O8S6. The van der Waals surface area contributed by atoms with Gasteiger partial charge in [0.25, 0.3) is 17.7 Å². The molecule has 2 aliphatic rings. The second kappa shape index (κ2) is 22.9. The van der Waals surface area contributed by atoms with Gasteiger partial charge in [-0.1, -0.05) is 56.3 Å². The van der Waals surface area contributed by atoms with Crippen LogP contribution < -0.4 is 21.7 Å². The molecule has 11 rings (SSSR count). The molecule has 7 aromatic heterocycles. The van der Waals surface area contributed by atoms with Crippen molar-refractivity contribution in [2.45, 2.75) is 76.4 Å². The van der Waals surface area contributed by atoms with E-state index in [1.165, 1.54) is 67.8 Å². The van der Waals surface area contributed by atoms with Crippen LogP contribution in [-0.2, 0) is 22.4 Å². The lowest BCUT2D eigenvalue weighted by atomic mass is 10.00. The number of aliphatic hydroxyl groups is 2. The highest BCUT2D eigenvalue weighted by Crippen LogP contribution is 2.43. The standard InChI is InChI=1S/C54H48N12O8S6/c1-4-28-19-75-49(56-28)31-15-14-30-41(57-31)34-20-77-50(60-34)37-23-79-53(63-37)43-24(2)38(68)18-66(43)54(74)33(16-26-10-12-29(67)13-11-26)59-46(72)36-22-78-52(62-36)42(44(70)27-8-6-5-7-9-27)64-47(73)40-25(3)80-51(65-40)32(17-39(55)69)58-45(71)35-21-76-48(30)61-35/h5-15,19-24,32-33,38,42-44,67-68,70H,4,16-18H2,1-3H3,(H2,55,69)(H,58,71)(H,59,72)(H,64,73)/t24-,32-,33-,38-,42-,43-,44+/m0/s1. The first-order valence-electron chi connectivity index (χ1n) is 25.1. The van der Waals surface area contributed by atoms with E-state index >= 15 is 4.79 Å². The van der Waals surface area contributed by atoms with Gasteiger partial charge < -0.3 is 41.9 Å². The van der Waals surface area contributed by atoms with Crippen molar-refractivity contribution in [2.75, 3.05) is 6.54 Å². The highest BCUT2D eigenvalue weighted by Gasteiger charge is 2.45. The number of rotatable bonds is 8. The van der Waals surface area contributed by atoms with E-state index in [-0.39, 0.29) is 52.2 Å². The molecular weight excluding hydrogens is 1140 g/mol. The average molecular weight is 1190 g/mol. The van der Waals surface area contributed by atoms with Gasteiger partial charge in [0.2, 0.25) is 11.8 Å². The van der Waals surface area contributed by atoms with Crippen molar-refractivity contribution in [3.63, 3.8) is 0 Å². The number of pyridine rings is 1. The summed E-state index contributed by atoms with van der Waals surface area (Å²) in [5.74, 6) is -3.80. The van der Waals surface area contributed by atoms with E-state index in [1.807, 2.05) is 42.1 Å². The Labute approximate surface area is 480 Å². The molecule has 408 valence electrons. The molecule has 1 fully saturated rings. The van der Waals surface area contributed by atoms with E-state index in [9.17, 15) is 34.5 Å². The van der Waals surface area contributed by atoms with Crippen LogP contribution in [0.1, 0.15) is 113 Å². The molecule has 0 unspecified atom stereocenters. The molecule has 8 N–H and O–H groups in total. The number of phenolic OH excluding ortho intramolecular Hbond substituents is 1. The van der Waals surface area contributed by atoms with Crippen LogP contribution in [0.5, 0.6) is 5.75 Å². The van der Waals surface area contributed by atoms with Gasteiger partial charge in [0.1, 0.15) is 88.1 Å². The van der Waals surface area contributed by atoms with Gasteiger partial charge in [0, 0.05) is 56.2 Å². The number of aryl methyl sites for hydroxylation is 2. The Morgan fingerprint density at radius 3 is 2.09 bits per heavy atom. The molecule has 0 saturated carbocycles. The number of aromatic nitrogens is 7. The third-order valence-electron chi connectivity index (χ3n) is 13.6. The maximum absolute atomic E-state index is 15.1. The normalized spacial score (nSPS) is 20.1. The minimum Gasteiger partial charge on any atom is -0.508 e. The summed E-state index contributed by atoms with van der Waals surface area (Å²) in [4.78, 5) is 107. The summed E-state index contributed by atoms with van der Waals surface area (Å²) in [6, 6.07) is 14.3. The maximum atomic E-state index is 15.1. The smallest absolute Gasteiger partial charge is 0.271 e. The van der Waals surface area contributed by atoms with E-state index in [0.717, 1.165) is 34.8 Å². The maximum Gasteiger partial charge on any atom is 0.271 e. The van der Waals surface area contributed by atoms with Crippen molar-refractivity contribution < 1.29 is 39.3 Å². The molecule has 5 amide bonds. The highest BCUT2D eigenvalue weighted by molar-refractivity contribution is 7.15. The number of primary amides is 1. The number of nitrogens with one attached hydrogen (secondary N) is 3. The molecule has 80 heavy (non-hydrogen) atoms. The minimum absolute atomic E-state index is 0.00718. The van der Waals surface area contributed by atoms with Gasteiger partial charge in [0.05, 0.1) is 36.0 Å². The van der Waals surface area contributed by atoms with E-state index in [2.05, 4.69) is 25.9 Å². The van der Waals surface area contributed by atoms with Crippen LogP contribution in [0.4, 0.5) is 0 Å². The molecule has 20 nitrogen and oxygen atoms in total. The Kier molecular flexibility index (Phi) is 15.6. The zero-order chi connectivity index (χ0) is 55.9. The SMILES string of the molecule is CCc1csc(-c2ccc3c(n2)-c2csc(n2)-c2csc(n2)[C@@H]2[C@@H](C)[C@@H](O)CN2C(=O)[C@H](Cc2ccc(O)cc2)NC(=O)c2csc(n2)[C@H]([C@H](O)c2ccccc2)NC(=O)c2nc(sc2C)[C@H](CC(N)=O)NC(=O)c2csc-3n2)n1. The van der Waals surface area contributed by atoms with Gasteiger partial charge in [0.15, 0.2) is 0 Å². The number of nitrogens with two attached hydrogens (primary N) is 1. The van der Waals surface area contributed by atoms with Crippen LogP contribution in [-0.4, -0.2) is 103 Å². The predicted molar refractivity (Wildman–Crippen MR) is 305 cm³/mol. The lowest BCUT2D eigenvalue weighted by Gasteiger charge is -2.29. The number of carbonyl (C=O) groups excluding carboxylic acids is 5. The average Bonchev–Trinajstić information content (AvgIpc) is 4.39. The molecule has 0 aliphatic carbocycles. The molecule has 2 aliphatic heterocycles. The lowest BCUT2D eigenvalue weighted by molar-refractivity contribution is -0.134. The first kappa shape index (κ1) is 54.4. The molecule has 0 radical (unpaired) electrons.